The Balaban J connectivity index is 2.19. The summed E-state index contributed by atoms with van der Waals surface area (Å²) in [5.74, 6) is 0. The van der Waals surface area contributed by atoms with Gasteiger partial charge in [0.05, 0.1) is 18.8 Å². The van der Waals surface area contributed by atoms with Crippen molar-refractivity contribution < 1.29 is 23.6 Å². The summed E-state index contributed by atoms with van der Waals surface area (Å²) in [6.07, 6.45) is -0.492. The van der Waals surface area contributed by atoms with Crippen molar-refractivity contribution in [3.05, 3.63) is 43.5 Å². The highest BCUT2D eigenvalue weighted by molar-refractivity contribution is 7.46. The molecule has 1 aromatic heterocycles. The summed E-state index contributed by atoms with van der Waals surface area (Å²) in [7, 11) is -4.70. The molecule has 22 heavy (non-hydrogen) atoms. The molecule has 1 saturated heterocycles. The highest BCUT2D eigenvalue weighted by atomic mass is 31.2. The molecule has 1 fully saturated rings. The van der Waals surface area contributed by atoms with Crippen molar-refractivity contribution in [3.63, 3.8) is 0 Å². The fraction of sp³-hybridized carbons (Fsp3) is 0.556. The maximum absolute atomic E-state index is 11.7. The first kappa shape index (κ1) is 16.4. The van der Waals surface area contributed by atoms with E-state index in [1.165, 1.54) is 6.20 Å². The Morgan fingerprint density at radius 2 is 2.32 bits per heavy atom. The average Bonchev–Trinajstić information content (AvgIpc) is 2.79. The van der Waals surface area contributed by atoms with E-state index in [0.717, 1.165) is 10.6 Å². The van der Waals surface area contributed by atoms with E-state index in [4.69, 9.17) is 20.1 Å². The van der Waals surface area contributed by atoms with Crippen LogP contribution in [0.3, 0.4) is 0 Å². The minimum absolute atomic E-state index is 0.0885. The van der Waals surface area contributed by atoms with Gasteiger partial charge in [0.1, 0.15) is 6.23 Å². The maximum Gasteiger partial charge on any atom is 0.469 e. The third kappa shape index (κ3) is 4.04. The van der Waals surface area contributed by atoms with Gasteiger partial charge in [0.15, 0.2) is 0 Å². The van der Waals surface area contributed by atoms with Gasteiger partial charge < -0.3 is 14.5 Å². The van der Waals surface area contributed by atoms with Gasteiger partial charge in [0.2, 0.25) is 0 Å². The van der Waals surface area contributed by atoms with Crippen molar-refractivity contribution in [2.24, 2.45) is 5.11 Å². The molecule has 12 nitrogen and oxygen atoms in total. The zero-order chi connectivity index (χ0) is 16.3. The third-order valence-electron chi connectivity index (χ3n) is 2.97. The van der Waals surface area contributed by atoms with Crippen LogP contribution >= 0.6 is 7.82 Å². The molecule has 0 spiro atoms. The first-order chi connectivity index (χ1) is 10.3. The number of aromatic nitrogens is 2. The minimum atomic E-state index is -4.70. The van der Waals surface area contributed by atoms with E-state index in [2.05, 4.69) is 14.5 Å². The fourth-order valence-electron chi connectivity index (χ4n) is 2.05. The van der Waals surface area contributed by atoms with Crippen LogP contribution < -0.4 is 11.2 Å². The van der Waals surface area contributed by atoms with Crippen molar-refractivity contribution in [2.45, 2.75) is 24.8 Å². The lowest BCUT2D eigenvalue weighted by Gasteiger charge is -2.16. The van der Waals surface area contributed by atoms with Gasteiger partial charge >= 0.3 is 13.5 Å². The van der Waals surface area contributed by atoms with Gasteiger partial charge in [0.25, 0.3) is 5.56 Å². The van der Waals surface area contributed by atoms with Crippen molar-refractivity contribution in [2.75, 3.05) is 6.61 Å². The second-order valence-corrected chi connectivity index (χ2v) is 5.68. The van der Waals surface area contributed by atoms with E-state index in [1.54, 1.807) is 0 Å². The Morgan fingerprint density at radius 3 is 2.91 bits per heavy atom. The van der Waals surface area contributed by atoms with Crippen molar-refractivity contribution >= 4 is 7.82 Å². The lowest BCUT2D eigenvalue weighted by molar-refractivity contribution is -0.0267. The summed E-state index contributed by atoms with van der Waals surface area (Å²) in [5.41, 5.74) is 7.22. The summed E-state index contributed by atoms with van der Waals surface area (Å²) >= 11 is 0. The van der Waals surface area contributed by atoms with E-state index in [1.807, 2.05) is 4.98 Å². The highest BCUT2D eigenvalue weighted by Crippen LogP contribution is 2.38. The summed E-state index contributed by atoms with van der Waals surface area (Å²) in [6.45, 7) is -0.511. The van der Waals surface area contributed by atoms with Crippen LogP contribution in [-0.2, 0) is 13.8 Å². The number of phosphoric ester groups is 1. The van der Waals surface area contributed by atoms with Crippen LogP contribution in [0.2, 0.25) is 0 Å². The van der Waals surface area contributed by atoms with E-state index < -0.39 is 44.1 Å². The van der Waals surface area contributed by atoms with Gasteiger partial charge in [-0.2, -0.15) is 0 Å². The molecule has 1 aliphatic rings. The number of aromatic amines is 1. The topological polar surface area (TPSA) is 180 Å². The fourth-order valence-corrected chi connectivity index (χ4v) is 2.39. The van der Waals surface area contributed by atoms with Crippen LogP contribution in [0.1, 0.15) is 12.6 Å². The molecule has 0 aliphatic carbocycles. The van der Waals surface area contributed by atoms with E-state index in [0.29, 0.717) is 0 Å². The number of hydrogen-bond donors (Lipinski definition) is 3. The highest BCUT2D eigenvalue weighted by Gasteiger charge is 2.37. The van der Waals surface area contributed by atoms with Gasteiger partial charge in [0, 0.05) is 23.6 Å². The number of nitrogens with zero attached hydrogens (tertiary/aromatic N) is 4. The summed E-state index contributed by atoms with van der Waals surface area (Å²) in [5, 5.41) is 3.46. The first-order valence-electron chi connectivity index (χ1n) is 6.01. The molecule has 13 heteroatoms. The summed E-state index contributed by atoms with van der Waals surface area (Å²) < 4.78 is 21.6. The summed E-state index contributed by atoms with van der Waals surface area (Å²) in [6, 6.07) is 0.340. The van der Waals surface area contributed by atoms with E-state index in [9.17, 15) is 14.2 Å². The molecule has 0 saturated carbocycles. The summed E-state index contributed by atoms with van der Waals surface area (Å²) in [4.78, 5) is 44.7. The number of H-pyrrole nitrogens is 1. The van der Waals surface area contributed by atoms with Gasteiger partial charge in [-0.05, 0) is 5.53 Å². The Hall–Kier alpha value is -1.94. The van der Waals surface area contributed by atoms with Crippen molar-refractivity contribution in [1.29, 1.82) is 0 Å². The first-order valence-corrected chi connectivity index (χ1v) is 7.54. The SMILES string of the molecule is [N-]=[N+]=NC1C[C@H](n2ccc(=O)[nH]c2=O)O[C@@H]1COP(=O)(O)O. The van der Waals surface area contributed by atoms with Crippen LogP contribution in [0, 0.1) is 0 Å². The molecule has 2 heterocycles. The lowest BCUT2D eigenvalue weighted by atomic mass is 10.1. The number of rotatable bonds is 5. The van der Waals surface area contributed by atoms with Crippen LogP contribution in [0.5, 0.6) is 0 Å². The molecule has 120 valence electrons. The Bertz CT molecular complexity index is 747. The van der Waals surface area contributed by atoms with Crippen molar-refractivity contribution in [1.82, 2.24) is 9.55 Å². The maximum atomic E-state index is 11.7. The predicted octanol–water partition coefficient (Wildman–Crippen LogP) is -0.388. The molecule has 0 aromatic carbocycles. The van der Waals surface area contributed by atoms with Gasteiger partial charge in [-0.25, -0.2) is 9.36 Å². The van der Waals surface area contributed by atoms with Crippen LogP contribution in [0.15, 0.2) is 27.0 Å². The Labute approximate surface area is 122 Å². The molecular formula is C9H12N5O7P. The number of ether oxygens (including phenoxy) is 1. The molecule has 0 amide bonds. The van der Waals surface area contributed by atoms with Crippen molar-refractivity contribution in [3.8, 4) is 0 Å². The molecule has 1 aromatic rings. The smallest absolute Gasteiger partial charge is 0.352 e. The van der Waals surface area contributed by atoms with Crippen LogP contribution in [-0.4, -0.2) is 38.1 Å². The number of hydrogen-bond acceptors (Lipinski definition) is 6. The molecule has 0 radical (unpaired) electrons. The second kappa shape index (κ2) is 6.44. The zero-order valence-corrected chi connectivity index (χ0v) is 11.9. The molecule has 3 atom stereocenters. The average molecular weight is 333 g/mol. The largest absolute Gasteiger partial charge is 0.469 e. The lowest BCUT2D eigenvalue weighted by Crippen LogP contribution is -2.31. The van der Waals surface area contributed by atoms with Gasteiger partial charge in [-0.15, -0.1) is 0 Å². The van der Waals surface area contributed by atoms with E-state index in [-0.39, 0.29) is 6.42 Å². The van der Waals surface area contributed by atoms with Crippen LogP contribution in [0.4, 0.5) is 0 Å². The number of azide groups is 1. The van der Waals surface area contributed by atoms with Crippen LogP contribution in [0.25, 0.3) is 10.4 Å². The Morgan fingerprint density at radius 1 is 1.59 bits per heavy atom. The molecule has 1 unspecified atom stereocenters. The quantitative estimate of drug-likeness (QED) is 0.284. The molecule has 1 aliphatic heterocycles. The predicted molar refractivity (Wildman–Crippen MR) is 70.8 cm³/mol. The number of phosphoric acid groups is 1. The normalized spacial score (nSPS) is 24.9. The van der Waals surface area contributed by atoms with Gasteiger partial charge in [-0.1, -0.05) is 5.11 Å². The minimum Gasteiger partial charge on any atom is -0.352 e. The zero-order valence-electron chi connectivity index (χ0n) is 11.0. The van der Waals surface area contributed by atoms with E-state index >= 15 is 0 Å². The second-order valence-electron chi connectivity index (χ2n) is 4.44. The third-order valence-corrected chi connectivity index (χ3v) is 3.46. The van der Waals surface area contributed by atoms with Gasteiger partial charge in [-0.3, -0.25) is 18.9 Å². The molecular weight excluding hydrogens is 321 g/mol. The molecule has 3 N–H and O–H groups in total. The Kier molecular flexibility index (Phi) is 4.81. The molecule has 0 bridgehead atoms. The monoisotopic (exact) mass is 333 g/mol. The molecule has 2 rings (SSSR count). The number of nitrogens with one attached hydrogen (secondary N) is 1. The standard InChI is InChI=1S/C9H12N5O7P/c10-13-12-5-3-8(14-2-1-7(15)11-9(14)16)21-6(5)4-20-22(17,18)19/h1-2,5-6,8H,3-4H2,(H,11,15,16)(H2,17,18,19)/t5?,6-,8-/m1/s1.